The molecular weight excluding hydrogens is 388 g/mol. The molecule has 0 radical (unpaired) electrons. The minimum Gasteiger partial charge on any atom is -0.489 e. The highest BCUT2D eigenvalue weighted by Gasteiger charge is 2.21. The molecule has 0 unspecified atom stereocenters. The number of nitrogens with zero attached hydrogens (tertiary/aromatic N) is 3. The van der Waals surface area contributed by atoms with Crippen LogP contribution in [0.4, 0.5) is 0 Å². The maximum atomic E-state index is 12.2. The van der Waals surface area contributed by atoms with Crippen molar-refractivity contribution < 1.29 is 9.53 Å². The molecule has 1 aliphatic heterocycles. The van der Waals surface area contributed by atoms with Crippen molar-refractivity contribution >= 4 is 17.5 Å². The Morgan fingerprint density at radius 2 is 2.10 bits per heavy atom. The molecule has 156 valence electrons. The molecule has 1 amide bonds. The molecule has 1 aromatic heterocycles. The lowest BCUT2D eigenvalue weighted by atomic mass is 10.1. The number of hydrogen-bond acceptors (Lipinski definition) is 5. The van der Waals surface area contributed by atoms with Crippen molar-refractivity contribution in [3.05, 3.63) is 58.9 Å². The molecule has 0 aliphatic carbocycles. The zero-order valence-electron chi connectivity index (χ0n) is 17.1. The summed E-state index contributed by atoms with van der Waals surface area (Å²) < 4.78 is 6.12. The van der Waals surface area contributed by atoms with Crippen LogP contribution in [0.1, 0.15) is 28.8 Å². The van der Waals surface area contributed by atoms with E-state index >= 15 is 0 Å². The van der Waals surface area contributed by atoms with Crippen molar-refractivity contribution in [3.8, 4) is 5.75 Å². The van der Waals surface area contributed by atoms with Gasteiger partial charge in [0.15, 0.2) is 0 Å². The Morgan fingerprint density at radius 1 is 1.31 bits per heavy atom. The molecule has 0 atom stereocenters. The predicted molar refractivity (Wildman–Crippen MR) is 116 cm³/mol. The second-order valence-corrected chi connectivity index (χ2v) is 8.07. The zero-order chi connectivity index (χ0) is 20.6. The third-order valence-electron chi connectivity index (χ3n) is 5.00. The van der Waals surface area contributed by atoms with Crippen LogP contribution in [0.15, 0.2) is 42.7 Å². The number of pyridine rings is 1. The summed E-state index contributed by atoms with van der Waals surface area (Å²) in [5.74, 6) is 0.520. The van der Waals surface area contributed by atoms with Gasteiger partial charge in [-0.1, -0.05) is 17.7 Å². The fourth-order valence-electron chi connectivity index (χ4n) is 3.35. The summed E-state index contributed by atoms with van der Waals surface area (Å²) in [5.41, 5.74) is 1.78. The van der Waals surface area contributed by atoms with E-state index in [1.807, 2.05) is 31.3 Å². The largest absolute Gasteiger partial charge is 0.489 e. The van der Waals surface area contributed by atoms with Gasteiger partial charge in [0.25, 0.3) is 5.91 Å². The summed E-state index contributed by atoms with van der Waals surface area (Å²) in [5, 5.41) is 3.37. The van der Waals surface area contributed by atoms with E-state index < -0.39 is 0 Å². The molecule has 3 rings (SSSR count). The Kier molecular flexibility index (Phi) is 7.86. The molecule has 7 heteroatoms. The van der Waals surface area contributed by atoms with Crippen molar-refractivity contribution in [2.45, 2.75) is 25.5 Å². The molecule has 2 aromatic rings. The maximum absolute atomic E-state index is 12.2. The van der Waals surface area contributed by atoms with E-state index in [-0.39, 0.29) is 12.0 Å². The number of amides is 1. The van der Waals surface area contributed by atoms with Gasteiger partial charge in [-0.25, -0.2) is 0 Å². The number of likely N-dealkylation sites (N-methyl/N-ethyl adjacent to an activating group) is 1. The number of rotatable bonds is 8. The van der Waals surface area contributed by atoms with Crippen LogP contribution in [0, 0.1) is 0 Å². The molecule has 0 bridgehead atoms. The molecule has 29 heavy (non-hydrogen) atoms. The number of hydrogen-bond donors (Lipinski definition) is 1. The number of aromatic nitrogens is 1. The van der Waals surface area contributed by atoms with Crippen LogP contribution < -0.4 is 10.1 Å². The Hall–Kier alpha value is -2.15. The first-order chi connectivity index (χ1) is 14.0. The Labute approximate surface area is 177 Å². The highest BCUT2D eigenvalue weighted by Crippen LogP contribution is 2.28. The molecule has 1 saturated heterocycles. The van der Waals surface area contributed by atoms with Gasteiger partial charge in [0.1, 0.15) is 11.9 Å². The monoisotopic (exact) mass is 416 g/mol. The van der Waals surface area contributed by atoms with Crippen LogP contribution in [-0.4, -0.2) is 67.1 Å². The van der Waals surface area contributed by atoms with Crippen LogP contribution in [0.25, 0.3) is 0 Å². The quantitative estimate of drug-likeness (QED) is 0.716. The number of halogens is 1. The van der Waals surface area contributed by atoms with Crippen molar-refractivity contribution in [2.75, 3.05) is 40.3 Å². The normalized spacial score (nSPS) is 15.4. The van der Waals surface area contributed by atoms with Crippen LogP contribution in [0.5, 0.6) is 5.75 Å². The highest BCUT2D eigenvalue weighted by atomic mass is 35.5. The lowest BCUT2D eigenvalue weighted by Gasteiger charge is -2.32. The van der Waals surface area contributed by atoms with Gasteiger partial charge in [-0.2, -0.15) is 0 Å². The number of benzene rings is 1. The van der Waals surface area contributed by atoms with Crippen molar-refractivity contribution in [3.63, 3.8) is 0 Å². The topological polar surface area (TPSA) is 57.7 Å². The first-order valence-corrected chi connectivity index (χ1v) is 10.4. The Morgan fingerprint density at radius 3 is 2.76 bits per heavy atom. The van der Waals surface area contributed by atoms with Gasteiger partial charge in [0.2, 0.25) is 0 Å². The minimum absolute atomic E-state index is 0.121. The molecule has 1 aromatic carbocycles. The van der Waals surface area contributed by atoms with Gasteiger partial charge in [0, 0.05) is 50.7 Å². The van der Waals surface area contributed by atoms with Gasteiger partial charge in [-0.15, -0.1) is 0 Å². The summed E-state index contributed by atoms with van der Waals surface area (Å²) in [7, 11) is 3.94. The lowest BCUT2D eigenvalue weighted by molar-refractivity contribution is 0.0948. The van der Waals surface area contributed by atoms with Gasteiger partial charge < -0.3 is 15.0 Å². The summed E-state index contributed by atoms with van der Waals surface area (Å²) in [6.45, 7) is 4.26. The number of ether oxygens (including phenoxy) is 1. The molecule has 1 N–H and O–H groups in total. The van der Waals surface area contributed by atoms with Gasteiger partial charge in [-0.05, 0) is 56.8 Å². The third kappa shape index (κ3) is 6.70. The van der Waals surface area contributed by atoms with Crippen LogP contribution in [0.2, 0.25) is 5.02 Å². The number of likely N-dealkylation sites (tertiary alicyclic amines) is 1. The van der Waals surface area contributed by atoms with E-state index in [1.54, 1.807) is 24.4 Å². The summed E-state index contributed by atoms with van der Waals surface area (Å²) >= 11 is 6.38. The SMILES string of the molecule is CN(C)CCNC(=O)c1ccc(OC2CCN(Cc3cccnc3)CC2)c(Cl)c1. The van der Waals surface area contributed by atoms with Crippen LogP contribution in [-0.2, 0) is 6.54 Å². The van der Waals surface area contributed by atoms with E-state index in [9.17, 15) is 4.79 Å². The van der Waals surface area contributed by atoms with Gasteiger partial charge in [-0.3, -0.25) is 14.7 Å². The molecule has 1 fully saturated rings. The van der Waals surface area contributed by atoms with Crippen LogP contribution >= 0.6 is 11.6 Å². The maximum Gasteiger partial charge on any atom is 0.251 e. The predicted octanol–water partition coefficient (Wildman–Crippen LogP) is 3.07. The van der Waals surface area contributed by atoms with Crippen molar-refractivity contribution in [1.82, 2.24) is 20.1 Å². The third-order valence-corrected chi connectivity index (χ3v) is 5.29. The highest BCUT2D eigenvalue weighted by molar-refractivity contribution is 6.32. The first kappa shape index (κ1) is 21.6. The van der Waals surface area contributed by atoms with E-state index in [4.69, 9.17) is 16.3 Å². The van der Waals surface area contributed by atoms with E-state index in [0.717, 1.165) is 39.0 Å². The molecular formula is C22H29ClN4O2. The number of carbonyl (C=O) groups excluding carboxylic acids is 1. The Balaban J connectivity index is 1.47. The summed E-state index contributed by atoms with van der Waals surface area (Å²) in [6.07, 6.45) is 5.75. The molecule has 2 heterocycles. The number of piperidine rings is 1. The molecule has 0 saturated carbocycles. The number of carbonyl (C=O) groups is 1. The summed E-state index contributed by atoms with van der Waals surface area (Å²) in [4.78, 5) is 20.8. The van der Waals surface area contributed by atoms with Crippen molar-refractivity contribution in [1.29, 1.82) is 0 Å². The molecule has 1 aliphatic rings. The first-order valence-electron chi connectivity index (χ1n) is 10.0. The fraction of sp³-hybridized carbons (Fsp3) is 0.455. The number of nitrogens with one attached hydrogen (secondary N) is 1. The zero-order valence-corrected chi connectivity index (χ0v) is 17.9. The average Bonchev–Trinajstić information content (AvgIpc) is 2.71. The smallest absolute Gasteiger partial charge is 0.251 e. The Bertz CT molecular complexity index is 793. The van der Waals surface area contributed by atoms with Gasteiger partial charge in [0.05, 0.1) is 5.02 Å². The van der Waals surface area contributed by atoms with Crippen LogP contribution in [0.3, 0.4) is 0 Å². The minimum atomic E-state index is -0.121. The molecule has 0 spiro atoms. The lowest BCUT2D eigenvalue weighted by Crippen LogP contribution is -2.37. The second-order valence-electron chi connectivity index (χ2n) is 7.66. The van der Waals surface area contributed by atoms with Gasteiger partial charge >= 0.3 is 0 Å². The fourth-order valence-corrected chi connectivity index (χ4v) is 3.57. The van der Waals surface area contributed by atoms with E-state index in [2.05, 4.69) is 21.3 Å². The average molecular weight is 417 g/mol. The van der Waals surface area contributed by atoms with E-state index in [1.165, 1.54) is 5.56 Å². The van der Waals surface area contributed by atoms with Crippen molar-refractivity contribution in [2.24, 2.45) is 0 Å². The molecule has 6 nitrogen and oxygen atoms in total. The summed E-state index contributed by atoms with van der Waals surface area (Å²) in [6, 6.07) is 9.32. The van der Waals surface area contributed by atoms with E-state index in [0.29, 0.717) is 22.9 Å². The standard InChI is InChI=1S/C22H29ClN4O2/c1-26(2)13-10-25-22(28)18-5-6-21(20(23)14-18)29-19-7-11-27(12-8-19)16-17-4-3-9-24-15-17/h3-6,9,14-15,19H,7-8,10-13,16H2,1-2H3,(H,25,28). The second kappa shape index (κ2) is 10.6.